The minimum Gasteiger partial charge on any atom is -0.469 e. The monoisotopic (exact) mass is 485 g/mol. The fourth-order valence-electron chi connectivity index (χ4n) is 2.64. The first kappa shape index (κ1) is 22.7. The number of pyridine rings is 1. The van der Waals surface area contributed by atoms with E-state index in [1.165, 1.54) is 25.4 Å². The molecule has 3 heterocycles. The second kappa shape index (κ2) is 9.04. The Morgan fingerprint density at radius 1 is 1.23 bits per heavy atom. The third-order valence-corrected chi connectivity index (χ3v) is 7.31. The molecule has 31 heavy (non-hydrogen) atoms. The summed E-state index contributed by atoms with van der Waals surface area (Å²) in [5, 5.41) is 2.47. The summed E-state index contributed by atoms with van der Waals surface area (Å²) in [5.41, 5.74) is -0.428. The van der Waals surface area contributed by atoms with Crippen LogP contribution in [0.2, 0.25) is 4.34 Å². The van der Waals surface area contributed by atoms with E-state index < -0.39 is 33.6 Å². The van der Waals surface area contributed by atoms with Gasteiger partial charge in [-0.25, -0.2) is 13.4 Å². The number of aromatic nitrogens is 1. The van der Waals surface area contributed by atoms with Gasteiger partial charge >= 0.3 is 11.9 Å². The molecule has 0 saturated carbocycles. The number of rotatable bonds is 6. The highest BCUT2D eigenvalue weighted by Crippen LogP contribution is 2.43. The quantitative estimate of drug-likeness (QED) is 0.616. The van der Waals surface area contributed by atoms with E-state index in [1.54, 1.807) is 12.1 Å². The number of fused-ring (bicyclic) bond motifs is 1. The van der Waals surface area contributed by atoms with Gasteiger partial charge in [-0.2, -0.15) is 0 Å². The zero-order chi connectivity index (χ0) is 22.8. The highest BCUT2D eigenvalue weighted by atomic mass is 35.5. The summed E-state index contributed by atoms with van der Waals surface area (Å²) in [6, 6.07) is 5.98. The van der Waals surface area contributed by atoms with E-state index in [-0.39, 0.29) is 38.5 Å². The fourth-order valence-corrected chi connectivity index (χ4v) is 5.62. The Labute approximate surface area is 186 Å². The molecule has 1 amide bonds. The molecule has 1 N–H and O–H groups in total. The molecule has 0 atom stereocenters. The van der Waals surface area contributed by atoms with Crippen LogP contribution in [0.3, 0.4) is 0 Å². The molecule has 0 radical (unpaired) electrons. The van der Waals surface area contributed by atoms with Gasteiger partial charge in [-0.15, -0.1) is 11.3 Å². The molecule has 10 nitrogen and oxygen atoms in total. The molecule has 0 fully saturated rings. The molecule has 1 aliphatic rings. The molecule has 0 saturated heterocycles. The lowest BCUT2D eigenvalue weighted by Crippen LogP contribution is -2.37. The van der Waals surface area contributed by atoms with E-state index >= 15 is 0 Å². The van der Waals surface area contributed by atoms with E-state index in [0.717, 1.165) is 18.4 Å². The Balaban J connectivity index is 2.05. The zero-order valence-electron chi connectivity index (χ0n) is 16.2. The number of nitrogens with one attached hydrogen (secondary N) is 1. The van der Waals surface area contributed by atoms with Gasteiger partial charge in [-0.05, 0) is 18.2 Å². The minimum absolute atomic E-state index is 0.000638. The molecule has 2 aromatic heterocycles. The standard InChI is InChI=1S/C18H16ClN3O7S2/c1-22-15(18(25)21-12-5-3-4-8-20-12)16(29-14(24)7-6-13(23)28-2)17-10(31(22,26)27)9-11(19)30-17/h3-5,8-9H,6-7H2,1-2H3,(H,20,21,25). The second-order valence-corrected chi connectivity index (χ2v) is 9.73. The average molecular weight is 486 g/mol. The van der Waals surface area contributed by atoms with Crippen LogP contribution in [0.1, 0.15) is 17.7 Å². The summed E-state index contributed by atoms with van der Waals surface area (Å²) in [6.07, 6.45) is 0.858. The van der Waals surface area contributed by atoms with Crippen LogP contribution >= 0.6 is 22.9 Å². The van der Waals surface area contributed by atoms with Crippen molar-refractivity contribution in [2.45, 2.75) is 17.7 Å². The maximum absolute atomic E-state index is 13.0. The molecule has 13 heteroatoms. The number of hydrogen-bond acceptors (Lipinski definition) is 9. The number of amides is 1. The highest BCUT2D eigenvalue weighted by Gasteiger charge is 2.41. The molecule has 0 aromatic carbocycles. The van der Waals surface area contributed by atoms with Crippen LogP contribution in [0, 0.1) is 0 Å². The van der Waals surface area contributed by atoms with Crippen molar-refractivity contribution in [1.29, 1.82) is 0 Å². The van der Waals surface area contributed by atoms with Crippen LogP contribution in [-0.4, -0.2) is 49.7 Å². The largest absolute Gasteiger partial charge is 0.469 e. The summed E-state index contributed by atoms with van der Waals surface area (Å²) >= 11 is 6.85. The summed E-state index contributed by atoms with van der Waals surface area (Å²) in [4.78, 5) is 40.4. The number of likely N-dealkylation sites (N-methyl/N-ethyl adjacent to an activating group) is 1. The van der Waals surface area contributed by atoms with Crippen molar-refractivity contribution in [3.8, 4) is 0 Å². The van der Waals surface area contributed by atoms with E-state index in [1.807, 2.05) is 0 Å². The van der Waals surface area contributed by atoms with Gasteiger partial charge in [0.05, 0.1) is 29.2 Å². The molecular weight excluding hydrogens is 470 g/mol. The Morgan fingerprint density at radius 3 is 2.58 bits per heavy atom. The van der Waals surface area contributed by atoms with Gasteiger partial charge in [0.15, 0.2) is 11.5 Å². The van der Waals surface area contributed by atoms with Crippen molar-refractivity contribution in [3.05, 3.63) is 45.4 Å². The molecule has 2 aromatic rings. The molecule has 0 spiro atoms. The van der Waals surface area contributed by atoms with Gasteiger partial charge in [0.25, 0.3) is 15.9 Å². The number of ether oxygens (including phenoxy) is 2. The first-order chi connectivity index (χ1) is 14.6. The number of halogens is 1. The maximum atomic E-state index is 13.0. The molecule has 0 unspecified atom stereocenters. The van der Waals surface area contributed by atoms with E-state index in [4.69, 9.17) is 16.3 Å². The molecule has 1 aliphatic heterocycles. The number of carbonyl (C=O) groups excluding carboxylic acids is 3. The van der Waals surface area contributed by atoms with Gasteiger partial charge in [-0.3, -0.25) is 18.7 Å². The fraction of sp³-hybridized carbons (Fsp3) is 0.222. The van der Waals surface area contributed by atoms with Crippen molar-refractivity contribution >= 4 is 62.4 Å². The van der Waals surface area contributed by atoms with Crippen LogP contribution in [-0.2, 0) is 33.9 Å². The smallest absolute Gasteiger partial charge is 0.311 e. The van der Waals surface area contributed by atoms with Crippen LogP contribution in [0.5, 0.6) is 0 Å². The van der Waals surface area contributed by atoms with Gasteiger partial charge in [0, 0.05) is 13.2 Å². The van der Waals surface area contributed by atoms with Gasteiger partial charge in [-0.1, -0.05) is 17.7 Å². The molecular formula is C18H16ClN3O7S2. The summed E-state index contributed by atoms with van der Waals surface area (Å²) in [6.45, 7) is 0. The lowest BCUT2D eigenvalue weighted by Gasteiger charge is -2.28. The Kier molecular flexibility index (Phi) is 6.62. The summed E-state index contributed by atoms with van der Waals surface area (Å²) in [5.74, 6) is -2.46. The first-order valence-electron chi connectivity index (χ1n) is 8.68. The van der Waals surface area contributed by atoms with Crippen LogP contribution < -0.4 is 5.32 Å². The lowest BCUT2D eigenvalue weighted by molar-refractivity contribution is -0.145. The molecule has 164 valence electrons. The van der Waals surface area contributed by atoms with Crippen molar-refractivity contribution in [2.24, 2.45) is 0 Å². The second-order valence-electron chi connectivity index (χ2n) is 6.11. The van der Waals surface area contributed by atoms with E-state index in [0.29, 0.717) is 4.31 Å². The Morgan fingerprint density at radius 2 is 1.94 bits per heavy atom. The predicted molar refractivity (Wildman–Crippen MR) is 111 cm³/mol. The van der Waals surface area contributed by atoms with Gasteiger partial charge in [0.1, 0.15) is 10.7 Å². The summed E-state index contributed by atoms with van der Waals surface area (Å²) in [7, 11) is -1.80. The van der Waals surface area contributed by atoms with Crippen LogP contribution in [0.4, 0.5) is 5.82 Å². The topological polar surface area (TPSA) is 132 Å². The molecule has 3 rings (SSSR count). The number of methoxy groups -OCH3 is 1. The average Bonchev–Trinajstić information content (AvgIpc) is 3.14. The van der Waals surface area contributed by atoms with Crippen molar-refractivity contribution in [1.82, 2.24) is 9.29 Å². The molecule has 0 bridgehead atoms. The first-order valence-corrected chi connectivity index (χ1v) is 11.3. The Hall–Kier alpha value is -2.96. The SMILES string of the molecule is COC(=O)CCC(=O)OC1=C(C(=O)Nc2ccccn2)N(C)S(=O)(=O)c2cc(Cl)sc21. The van der Waals surface area contributed by atoms with Gasteiger partial charge < -0.3 is 14.8 Å². The number of hydrogen-bond donors (Lipinski definition) is 1. The third-order valence-electron chi connectivity index (χ3n) is 4.14. The van der Waals surface area contributed by atoms with Crippen molar-refractivity contribution < 1.29 is 32.3 Å². The Bertz CT molecular complexity index is 1180. The lowest BCUT2D eigenvalue weighted by atomic mass is 10.2. The minimum atomic E-state index is -4.13. The van der Waals surface area contributed by atoms with Crippen LogP contribution in [0.15, 0.2) is 41.1 Å². The zero-order valence-corrected chi connectivity index (χ0v) is 18.6. The van der Waals surface area contributed by atoms with Gasteiger partial charge in [0.2, 0.25) is 0 Å². The summed E-state index contributed by atoms with van der Waals surface area (Å²) < 4.78 is 36.5. The van der Waals surface area contributed by atoms with E-state index in [2.05, 4.69) is 15.0 Å². The number of sulfonamides is 1. The number of carbonyl (C=O) groups is 3. The number of esters is 2. The number of anilines is 1. The maximum Gasteiger partial charge on any atom is 0.311 e. The van der Waals surface area contributed by atoms with E-state index in [9.17, 15) is 22.8 Å². The van der Waals surface area contributed by atoms with Crippen molar-refractivity contribution in [3.63, 3.8) is 0 Å². The van der Waals surface area contributed by atoms with Crippen molar-refractivity contribution in [2.75, 3.05) is 19.5 Å². The number of thiophene rings is 1. The third kappa shape index (κ3) is 4.70. The predicted octanol–water partition coefficient (Wildman–Crippen LogP) is 2.23. The number of nitrogens with zero attached hydrogens (tertiary/aromatic N) is 2. The molecule has 0 aliphatic carbocycles. The van der Waals surface area contributed by atoms with Crippen LogP contribution in [0.25, 0.3) is 5.76 Å². The normalized spacial score (nSPS) is 14.6. The highest BCUT2D eigenvalue weighted by molar-refractivity contribution is 7.89.